The fourth-order valence-electron chi connectivity index (χ4n) is 3.65. The van der Waals surface area contributed by atoms with Gasteiger partial charge in [0.15, 0.2) is 0 Å². The Labute approximate surface area is 171 Å². The van der Waals surface area contributed by atoms with Crippen molar-refractivity contribution in [3.8, 4) is 0 Å². The summed E-state index contributed by atoms with van der Waals surface area (Å²) in [5.74, 6) is 0.0113. The first kappa shape index (κ1) is 19.0. The Kier molecular flexibility index (Phi) is 5.77. The molecular weight excluding hydrogens is 360 g/mol. The third kappa shape index (κ3) is 4.76. The van der Waals surface area contributed by atoms with Crippen molar-refractivity contribution in [2.75, 3.05) is 18.9 Å². The van der Waals surface area contributed by atoms with Gasteiger partial charge in [-0.3, -0.25) is 9.69 Å². The molecule has 3 aromatic rings. The summed E-state index contributed by atoms with van der Waals surface area (Å²) in [5, 5.41) is 11.4. The van der Waals surface area contributed by atoms with Gasteiger partial charge in [0.2, 0.25) is 5.91 Å². The predicted octanol–water partition coefficient (Wildman–Crippen LogP) is 5.66. The molecule has 0 spiro atoms. The first-order valence-corrected chi connectivity index (χ1v) is 9.84. The molecule has 1 unspecified atom stereocenters. The van der Waals surface area contributed by atoms with Crippen LogP contribution in [0, 0.1) is 0 Å². The second-order valence-corrected chi connectivity index (χ2v) is 7.28. The van der Waals surface area contributed by atoms with Crippen LogP contribution in [0.5, 0.6) is 0 Å². The molecule has 3 aromatic carbocycles. The zero-order valence-electron chi connectivity index (χ0n) is 16.5. The van der Waals surface area contributed by atoms with E-state index in [1.54, 1.807) is 0 Å². The minimum absolute atomic E-state index is 0.0113. The molecule has 5 heteroatoms. The molecule has 0 saturated heterocycles. The largest absolute Gasteiger partial charge is 0.326 e. The minimum atomic E-state index is 0.0113. The van der Waals surface area contributed by atoms with Crippen LogP contribution in [0.4, 0.5) is 17.1 Å². The molecule has 1 aliphatic heterocycles. The smallest absolute Gasteiger partial charge is 0.226 e. The van der Waals surface area contributed by atoms with Crippen LogP contribution in [0.2, 0.25) is 0 Å². The van der Waals surface area contributed by atoms with Gasteiger partial charge in [-0.2, -0.15) is 10.2 Å². The number of azo groups is 1. The zero-order chi connectivity index (χ0) is 20.1. The molecule has 1 amide bonds. The number of carbonyl (C=O) groups excluding carboxylic acids is 1. The summed E-state index contributed by atoms with van der Waals surface area (Å²) in [6.45, 7) is 0.968. The van der Waals surface area contributed by atoms with Gasteiger partial charge < -0.3 is 5.32 Å². The monoisotopic (exact) mass is 384 g/mol. The summed E-state index contributed by atoms with van der Waals surface area (Å²) in [5.41, 5.74) is 4.92. The average molecular weight is 384 g/mol. The average Bonchev–Trinajstić information content (AvgIpc) is 2.76. The predicted molar refractivity (Wildman–Crippen MR) is 116 cm³/mol. The quantitative estimate of drug-likeness (QED) is 0.577. The van der Waals surface area contributed by atoms with Crippen molar-refractivity contribution in [3.05, 3.63) is 90.0 Å². The molecular formula is C24H24N4O. The molecule has 1 heterocycles. The first-order chi connectivity index (χ1) is 14.2. The molecule has 29 heavy (non-hydrogen) atoms. The number of hydrogen-bond acceptors (Lipinski definition) is 4. The first-order valence-electron chi connectivity index (χ1n) is 9.84. The molecule has 0 saturated carbocycles. The van der Waals surface area contributed by atoms with Crippen LogP contribution in [-0.4, -0.2) is 24.4 Å². The van der Waals surface area contributed by atoms with Crippen molar-refractivity contribution < 1.29 is 4.79 Å². The molecule has 1 atom stereocenters. The highest BCUT2D eigenvalue weighted by Crippen LogP contribution is 2.31. The summed E-state index contributed by atoms with van der Waals surface area (Å²) in [6, 6.07) is 25.5. The SMILES string of the molecule is CN1CCc2ccccc2C1CC(=O)Nc1ccc(N=Nc2ccccc2)cc1. The molecule has 0 radical (unpaired) electrons. The fraction of sp³-hybridized carbons (Fsp3) is 0.208. The maximum absolute atomic E-state index is 12.7. The maximum atomic E-state index is 12.7. The van der Waals surface area contributed by atoms with Gasteiger partial charge in [0.05, 0.1) is 11.4 Å². The lowest BCUT2D eigenvalue weighted by atomic mass is 9.91. The van der Waals surface area contributed by atoms with Gasteiger partial charge >= 0.3 is 0 Å². The standard InChI is InChI=1S/C24H24N4O/c1-28-16-15-18-7-5-6-10-22(18)23(28)17-24(29)25-19-11-13-21(14-12-19)27-26-20-8-3-2-4-9-20/h2-14,23H,15-17H2,1H3,(H,25,29). The molecule has 0 bridgehead atoms. The third-order valence-corrected chi connectivity index (χ3v) is 5.25. The molecule has 0 fully saturated rings. The number of hydrogen-bond donors (Lipinski definition) is 1. The lowest BCUT2D eigenvalue weighted by Crippen LogP contribution is -2.34. The molecule has 146 valence electrons. The maximum Gasteiger partial charge on any atom is 0.226 e. The molecule has 1 aliphatic rings. The Balaban J connectivity index is 1.38. The summed E-state index contributed by atoms with van der Waals surface area (Å²) in [4.78, 5) is 14.9. The minimum Gasteiger partial charge on any atom is -0.326 e. The Morgan fingerprint density at radius 3 is 2.34 bits per heavy atom. The van der Waals surface area contributed by atoms with Gasteiger partial charge in [-0.1, -0.05) is 42.5 Å². The fourth-order valence-corrected chi connectivity index (χ4v) is 3.65. The van der Waals surface area contributed by atoms with Gasteiger partial charge in [-0.15, -0.1) is 0 Å². The summed E-state index contributed by atoms with van der Waals surface area (Å²) in [6.07, 6.45) is 1.47. The number of rotatable bonds is 5. The molecule has 5 nitrogen and oxygen atoms in total. The summed E-state index contributed by atoms with van der Waals surface area (Å²) < 4.78 is 0. The number of nitrogens with zero attached hydrogens (tertiary/aromatic N) is 3. The second-order valence-electron chi connectivity index (χ2n) is 7.28. The Morgan fingerprint density at radius 1 is 0.931 bits per heavy atom. The van der Waals surface area contributed by atoms with Crippen molar-refractivity contribution in [1.29, 1.82) is 0 Å². The van der Waals surface area contributed by atoms with Crippen LogP contribution in [0.25, 0.3) is 0 Å². The van der Waals surface area contributed by atoms with Crippen LogP contribution in [-0.2, 0) is 11.2 Å². The number of anilines is 1. The van der Waals surface area contributed by atoms with E-state index in [9.17, 15) is 4.79 Å². The van der Waals surface area contributed by atoms with E-state index >= 15 is 0 Å². The van der Waals surface area contributed by atoms with E-state index in [-0.39, 0.29) is 11.9 Å². The van der Waals surface area contributed by atoms with Crippen LogP contribution in [0.3, 0.4) is 0 Å². The highest BCUT2D eigenvalue weighted by atomic mass is 16.1. The van der Waals surface area contributed by atoms with Crippen LogP contribution in [0.1, 0.15) is 23.6 Å². The van der Waals surface area contributed by atoms with E-state index in [1.807, 2.05) is 60.7 Å². The van der Waals surface area contributed by atoms with Gasteiger partial charge in [-0.05, 0) is 61.0 Å². The van der Waals surface area contributed by atoms with Crippen molar-refractivity contribution >= 4 is 23.0 Å². The zero-order valence-corrected chi connectivity index (χ0v) is 16.5. The number of carbonyl (C=O) groups is 1. The van der Waals surface area contributed by atoms with E-state index in [0.29, 0.717) is 6.42 Å². The van der Waals surface area contributed by atoms with Crippen molar-refractivity contribution in [3.63, 3.8) is 0 Å². The number of likely N-dealkylation sites (N-methyl/N-ethyl adjacent to an activating group) is 1. The van der Waals surface area contributed by atoms with E-state index in [1.165, 1.54) is 11.1 Å². The third-order valence-electron chi connectivity index (χ3n) is 5.25. The lowest BCUT2D eigenvalue weighted by Gasteiger charge is -2.34. The molecule has 4 rings (SSSR count). The number of benzene rings is 3. The van der Waals surface area contributed by atoms with E-state index in [0.717, 1.165) is 30.0 Å². The van der Waals surface area contributed by atoms with E-state index < -0.39 is 0 Å². The van der Waals surface area contributed by atoms with Gasteiger partial charge in [0.1, 0.15) is 0 Å². The number of fused-ring (bicyclic) bond motifs is 1. The van der Waals surface area contributed by atoms with Crippen molar-refractivity contribution in [2.24, 2.45) is 10.2 Å². The second kappa shape index (κ2) is 8.80. The summed E-state index contributed by atoms with van der Waals surface area (Å²) in [7, 11) is 2.08. The van der Waals surface area contributed by atoms with Crippen LogP contribution >= 0.6 is 0 Å². The highest BCUT2D eigenvalue weighted by Gasteiger charge is 2.26. The van der Waals surface area contributed by atoms with E-state index in [4.69, 9.17) is 0 Å². The Morgan fingerprint density at radius 2 is 1.59 bits per heavy atom. The number of nitrogens with one attached hydrogen (secondary N) is 1. The Hall–Kier alpha value is -3.31. The molecule has 0 aromatic heterocycles. The molecule has 0 aliphatic carbocycles. The van der Waals surface area contributed by atoms with Crippen LogP contribution < -0.4 is 5.32 Å². The van der Waals surface area contributed by atoms with Gasteiger partial charge in [-0.25, -0.2) is 0 Å². The topological polar surface area (TPSA) is 57.1 Å². The highest BCUT2D eigenvalue weighted by molar-refractivity contribution is 5.91. The van der Waals surface area contributed by atoms with Crippen molar-refractivity contribution in [1.82, 2.24) is 4.90 Å². The van der Waals surface area contributed by atoms with Crippen LogP contribution in [0.15, 0.2) is 89.1 Å². The molecule has 1 N–H and O–H groups in total. The number of amides is 1. The van der Waals surface area contributed by atoms with Gasteiger partial charge in [0, 0.05) is 24.7 Å². The normalized spacial score (nSPS) is 16.5. The Bertz CT molecular complexity index is 999. The lowest BCUT2D eigenvalue weighted by molar-refractivity contribution is -0.117. The summed E-state index contributed by atoms with van der Waals surface area (Å²) >= 11 is 0. The van der Waals surface area contributed by atoms with Crippen molar-refractivity contribution in [2.45, 2.75) is 18.9 Å². The van der Waals surface area contributed by atoms with Gasteiger partial charge in [0.25, 0.3) is 0 Å². The van der Waals surface area contributed by atoms with E-state index in [2.05, 4.69) is 45.7 Å².